The van der Waals surface area contributed by atoms with Crippen molar-refractivity contribution in [1.82, 2.24) is 9.47 Å². The highest BCUT2D eigenvalue weighted by molar-refractivity contribution is 5.79. The molecule has 126 valence electrons. The van der Waals surface area contributed by atoms with E-state index in [-0.39, 0.29) is 23.5 Å². The van der Waals surface area contributed by atoms with Gasteiger partial charge < -0.3 is 18.9 Å². The molecule has 0 aromatic carbocycles. The maximum atomic E-state index is 12.4. The first kappa shape index (κ1) is 16.1. The number of pyridine rings is 1. The Morgan fingerprint density at radius 3 is 2.61 bits per heavy atom. The summed E-state index contributed by atoms with van der Waals surface area (Å²) in [5.41, 5.74) is 0.815. The molecule has 1 amide bonds. The molecule has 2 saturated heterocycles. The number of rotatable bonds is 3. The van der Waals surface area contributed by atoms with Gasteiger partial charge in [-0.15, -0.1) is 0 Å². The standard InChI is InChI=1S/C17H24N2O4/c1-12-9-15(10-16(20)18(12)2)23-14-3-6-19(7-4-14)17(21)13-5-8-22-11-13/h9-10,13-14H,3-8,11H2,1-2H3. The van der Waals surface area contributed by atoms with E-state index < -0.39 is 0 Å². The van der Waals surface area contributed by atoms with Crippen LogP contribution in [-0.4, -0.2) is 47.8 Å². The van der Waals surface area contributed by atoms with Crippen LogP contribution in [0.2, 0.25) is 0 Å². The van der Waals surface area contributed by atoms with Gasteiger partial charge in [-0.3, -0.25) is 9.59 Å². The monoisotopic (exact) mass is 320 g/mol. The first-order valence-electron chi connectivity index (χ1n) is 8.25. The van der Waals surface area contributed by atoms with E-state index in [9.17, 15) is 9.59 Å². The number of amides is 1. The largest absolute Gasteiger partial charge is 0.490 e. The second kappa shape index (κ2) is 6.74. The Labute approximate surface area is 136 Å². The predicted octanol–water partition coefficient (Wildman–Crippen LogP) is 1.10. The van der Waals surface area contributed by atoms with Crippen molar-refractivity contribution < 1.29 is 14.3 Å². The second-order valence-corrected chi connectivity index (χ2v) is 6.43. The smallest absolute Gasteiger partial charge is 0.254 e. The van der Waals surface area contributed by atoms with Crippen LogP contribution >= 0.6 is 0 Å². The number of piperidine rings is 1. The van der Waals surface area contributed by atoms with Gasteiger partial charge in [-0.2, -0.15) is 0 Å². The molecule has 2 aliphatic heterocycles. The zero-order valence-electron chi connectivity index (χ0n) is 13.8. The molecule has 2 aliphatic rings. The molecule has 0 aliphatic carbocycles. The third-order valence-electron chi connectivity index (χ3n) is 4.81. The first-order chi connectivity index (χ1) is 11.0. The summed E-state index contributed by atoms with van der Waals surface area (Å²) >= 11 is 0. The number of carbonyl (C=O) groups is 1. The Hall–Kier alpha value is -1.82. The molecule has 1 unspecified atom stereocenters. The fraction of sp³-hybridized carbons (Fsp3) is 0.647. The normalized spacial score (nSPS) is 22.3. The quantitative estimate of drug-likeness (QED) is 0.837. The summed E-state index contributed by atoms with van der Waals surface area (Å²) < 4.78 is 12.8. The van der Waals surface area contributed by atoms with Crippen LogP contribution in [0.15, 0.2) is 16.9 Å². The molecule has 0 saturated carbocycles. The van der Waals surface area contributed by atoms with Crippen molar-refractivity contribution in [3.63, 3.8) is 0 Å². The zero-order chi connectivity index (χ0) is 16.4. The van der Waals surface area contributed by atoms with Crippen LogP contribution in [-0.2, 0) is 16.6 Å². The molecule has 0 bridgehead atoms. The van der Waals surface area contributed by atoms with E-state index in [1.54, 1.807) is 11.6 Å². The van der Waals surface area contributed by atoms with Crippen molar-refractivity contribution in [3.8, 4) is 5.75 Å². The van der Waals surface area contributed by atoms with Gasteiger partial charge in [0.25, 0.3) is 5.56 Å². The van der Waals surface area contributed by atoms with E-state index >= 15 is 0 Å². The van der Waals surface area contributed by atoms with Gasteiger partial charge >= 0.3 is 0 Å². The highest BCUT2D eigenvalue weighted by Crippen LogP contribution is 2.22. The molecule has 0 spiro atoms. The van der Waals surface area contributed by atoms with Gasteiger partial charge in [-0.05, 0) is 19.4 Å². The van der Waals surface area contributed by atoms with Gasteiger partial charge in [0.1, 0.15) is 11.9 Å². The van der Waals surface area contributed by atoms with Crippen molar-refractivity contribution in [2.45, 2.75) is 32.3 Å². The third kappa shape index (κ3) is 3.58. The lowest BCUT2D eigenvalue weighted by Gasteiger charge is -2.33. The molecule has 0 radical (unpaired) electrons. The Bertz CT molecular complexity index is 626. The topological polar surface area (TPSA) is 60.8 Å². The zero-order valence-corrected chi connectivity index (χ0v) is 13.8. The van der Waals surface area contributed by atoms with Crippen molar-refractivity contribution in [1.29, 1.82) is 0 Å². The number of aromatic nitrogens is 1. The third-order valence-corrected chi connectivity index (χ3v) is 4.81. The average Bonchev–Trinajstić information content (AvgIpc) is 3.07. The molecule has 6 heteroatoms. The summed E-state index contributed by atoms with van der Waals surface area (Å²) in [5.74, 6) is 0.872. The molecule has 1 aromatic rings. The summed E-state index contributed by atoms with van der Waals surface area (Å²) in [7, 11) is 1.75. The fourth-order valence-electron chi connectivity index (χ4n) is 3.18. The molecular weight excluding hydrogens is 296 g/mol. The highest BCUT2D eigenvalue weighted by Gasteiger charge is 2.31. The number of hydrogen-bond donors (Lipinski definition) is 0. The van der Waals surface area contributed by atoms with Crippen molar-refractivity contribution >= 4 is 5.91 Å². The molecule has 6 nitrogen and oxygen atoms in total. The predicted molar refractivity (Wildman–Crippen MR) is 85.6 cm³/mol. The van der Waals surface area contributed by atoms with Gasteiger partial charge in [0.15, 0.2) is 0 Å². The van der Waals surface area contributed by atoms with Crippen molar-refractivity contribution in [3.05, 3.63) is 28.2 Å². The van der Waals surface area contributed by atoms with Gasteiger partial charge in [-0.25, -0.2) is 0 Å². The SMILES string of the molecule is Cc1cc(OC2CCN(C(=O)C3CCOC3)CC2)cc(=O)n1C. The Balaban J connectivity index is 1.55. The number of hydrogen-bond acceptors (Lipinski definition) is 4. The van der Waals surface area contributed by atoms with E-state index in [1.165, 1.54) is 6.07 Å². The van der Waals surface area contributed by atoms with Crippen molar-refractivity contribution in [2.75, 3.05) is 26.3 Å². The Morgan fingerprint density at radius 2 is 2.00 bits per heavy atom. The first-order valence-corrected chi connectivity index (χ1v) is 8.25. The number of ether oxygens (including phenoxy) is 2. The Kier molecular flexibility index (Phi) is 4.71. The number of carbonyl (C=O) groups excluding carboxylic acids is 1. The summed E-state index contributed by atoms with van der Waals surface area (Å²) in [6.07, 6.45) is 2.49. The summed E-state index contributed by atoms with van der Waals surface area (Å²) in [6, 6.07) is 3.41. The van der Waals surface area contributed by atoms with Gasteiger partial charge in [0.2, 0.25) is 5.91 Å². The lowest BCUT2D eigenvalue weighted by Crippen LogP contribution is -2.44. The molecular formula is C17H24N2O4. The second-order valence-electron chi connectivity index (χ2n) is 6.43. The van der Waals surface area contributed by atoms with Crippen LogP contribution in [0.1, 0.15) is 25.0 Å². The van der Waals surface area contributed by atoms with Crippen LogP contribution in [0, 0.1) is 12.8 Å². The van der Waals surface area contributed by atoms with E-state index in [2.05, 4.69) is 0 Å². The van der Waals surface area contributed by atoms with Crippen LogP contribution in [0.4, 0.5) is 0 Å². The minimum Gasteiger partial charge on any atom is -0.490 e. The molecule has 3 rings (SSSR count). The maximum Gasteiger partial charge on any atom is 0.254 e. The molecule has 0 N–H and O–H groups in total. The van der Waals surface area contributed by atoms with Crippen LogP contribution < -0.4 is 10.3 Å². The Morgan fingerprint density at radius 1 is 1.26 bits per heavy atom. The summed E-state index contributed by atoms with van der Waals surface area (Å²) in [5, 5.41) is 0. The summed E-state index contributed by atoms with van der Waals surface area (Å²) in [4.78, 5) is 26.1. The molecule has 23 heavy (non-hydrogen) atoms. The van der Waals surface area contributed by atoms with E-state index in [0.29, 0.717) is 32.1 Å². The molecule has 3 heterocycles. The molecule has 1 atom stereocenters. The number of nitrogens with zero attached hydrogens (tertiary/aromatic N) is 2. The van der Waals surface area contributed by atoms with E-state index in [4.69, 9.17) is 9.47 Å². The minimum atomic E-state index is -0.0613. The van der Waals surface area contributed by atoms with Crippen LogP contribution in [0.25, 0.3) is 0 Å². The lowest BCUT2D eigenvalue weighted by atomic mass is 10.0. The van der Waals surface area contributed by atoms with Crippen LogP contribution in [0.3, 0.4) is 0 Å². The lowest BCUT2D eigenvalue weighted by molar-refractivity contribution is -0.137. The number of likely N-dealkylation sites (tertiary alicyclic amines) is 1. The van der Waals surface area contributed by atoms with Gasteiger partial charge in [0, 0.05) is 51.3 Å². The van der Waals surface area contributed by atoms with Gasteiger partial charge in [-0.1, -0.05) is 0 Å². The van der Waals surface area contributed by atoms with E-state index in [0.717, 1.165) is 25.0 Å². The highest BCUT2D eigenvalue weighted by atomic mass is 16.5. The minimum absolute atomic E-state index is 0.0345. The maximum absolute atomic E-state index is 12.4. The average molecular weight is 320 g/mol. The van der Waals surface area contributed by atoms with Gasteiger partial charge in [0.05, 0.1) is 12.5 Å². The summed E-state index contributed by atoms with van der Waals surface area (Å²) in [6.45, 7) is 4.56. The molecule has 2 fully saturated rings. The van der Waals surface area contributed by atoms with Crippen molar-refractivity contribution in [2.24, 2.45) is 13.0 Å². The van der Waals surface area contributed by atoms with Crippen LogP contribution in [0.5, 0.6) is 5.75 Å². The fourth-order valence-corrected chi connectivity index (χ4v) is 3.18. The van der Waals surface area contributed by atoms with E-state index in [1.807, 2.05) is 17.9 Å². The molecule has 1 aromatic heterocycles. The number of aryl methyl sites for hydroxylation is 1.